The molecule has 0 unspecified atom stereocenters. The molecule has 1 aliphatic rings. The van der Waals surface area contributed by atoms with Crippen molar-refractivity contribution < 1.29 is 9.90 Å². The van der Waals surface area contributed by atoms with Gasteiger partial charge in [-0.3, -0.25) is 0 Å². The van der Waals surface area contributed by atoms with E-state index in [1.165, 1.54) is 5.56 Å². The second-order valence-electron chi connectivity index (χ2n) is 3.38. The molecular formula is C10H10BrNO2. The smallest absolute Gasteiger partial charge is 0.326 e. The minimum Gasteiger partial charge on any atom is -0.480 e. The highest BCUT2D eigenvalue weighted by Crippen LogP contribution is 2.27. The summed E-state index contributed by atoms with van der Waals surface area (Å²) in [4.78, 5) is 10.8. The van der Waals surface area contributed by atoms with Gasteiger partial charge in [0.25, 0.3) is 0 Å². The summed E-state index contributed by atoms with van der Waals surface area (Å²) >= 11 is 3.39. The molecule has 0 radical (unpaired) electrons. The van der Waals surface area contributed by atoms with Crippen LogP contribution in [-0.4, -0.2) is 17.1 Å². The Labute approximate surface area is 90.3 Å². The first-order chi connectivity index (χ1) is 6.66. The molecule has 1 heterocycles. The van der Waals surface area contributed by atoms with E-state index in [0.29, 0.717) is 6.42 Å². The second-order valence-corrected chi connectivity index (χ2v) is 4.29. The van der Waals surface area contributed by atoms with Gasteiger partial charge in [-0.05, 0) is 36.6 Å². The maximum absolute atomic E-state index is 10.8. The van der Waals surface area contributed by atoms with Crippen molar-refractivity contribution in [1.82, 2.24) is 0 Å². The van der Waals surface area contributed by atoms with Crippen molar-refractivity contribution >= 4 is 27.6 Å². The molecule has 0 amide bonds. The molecule has 2 rings (SSSR count). The average molecular weight is 256 g/mol. The van der Waals surface area contributed by atoms with E-state index < -0.39 is 12.0 Å². The molecule has 14 heavy (non-hydrogen) atoms. The standard InChI is InChI=1S/C10H10BrNO2/c11-7-2-4-8-6(5-7)1-3-9(12-8)10(13)14/h2,4-5,9,12H,1,3H2,(H,13,14)/t9-/m0/s1. The summed E-state index contributed by atoms with van der Waals surface area (Å²) in [6.45, 7) is 0. The van der Waals surface area contributed by atoms with Crippen molar-refractivity contribution in [3.05, 3.63) is 28.2 Å². The van der Waals surface area contributed by atoms with E-state index in [4.69, 9.17) is 5.11 Å². The van der Waals surface area contributed by atoms with E-state index >= 15 is 0 Å². The lowest BCUT2D eigenvalue weighted by Gasteiger charge is -2.23. The number of fused-ring (bicyclic) bond motifs is 1. The van der Waals surface area contributed by atoms with Crippen LogP contribution >= 0.6 is 15.9 Å². The summed E-state index contributed by atoms with van der Waals surface area (Å²) in [6, 6.07) is 5.41. The normalized spacial score (nSPS) is 19.6. The summed E-state index contributed by atoms with van der Waals surface area (Å²) in [7, 11) is 0. The lowest BCUT2D eigenvalue weighted by molar-refractivity contribution is -0.138. The number of hydrogen-bond donors (Lipinski definition) is 2. The number of rotatable bonds is 1. The molecule has 0 fully saturated rings. The Morgan fingerprint density at radius 2 is 2.36 bits per heavy atom. The average Bonchev–Trinajstić information content (AvgIpc) is 2.16. The molecular weight excluding hydrogens is 246 g/mol. The Bertz CT molecular complexity index is 378. The van der Waals surface area contributed by atoms with Gasteiger partial charge in [0.1, 0.15) is 6.04 Å². The fraction of sp³-hybridized carbons (Fsp3) is 0.300. The van der Waals surface area contributed by atoms with Gasteiger partial charge in [0, 0.05) is 10.2 Å². The Hall–Kier alpha value is -1.03. The van der Waals surface area contributed by atoms with Gasteiger partial charge in [-0.15, -0.1) is 0 Å². The molecule has 1 atom stereocenters. The molecule has 2 N–H and O–H groups in total. The van der Waals surface area contributed by atoms with Crippen molar-refractivity contribution in [2.24, 2.45) is 0 Å². The molecule has 1 aromatic carbocycles. The van der Waals surface area contributed by atoms with Gasteiger partial charge >= 0.3 is 5.97 Å². The van der Waals surface area contributed by atoms with Crippen LogP contribution in [0.1, 0.15) is 12.0 Å². The van der Waals surface area contributed by atoms with Crippen LogP contribution in [0.25, 0.3) is 0 Å². The van der Waals surface area contributed by atoms with Crippen molar-refractivity contribution in [3.8, 4) is 0 Å². The number of nitrogens with one attached hydrogen (secondary N) is 1. The first kappa shape index (κ1) is 9.52. The third-order valence-electron chi connectivity index (χ3n) is 2.40. The molecule has 1 aliphatic heterocycles. The van der Waals surface area contributed by atoms with E-state index in [1.807, 2.05) is 18.2 Å². The van der Waals surface area contributed by atoms with Crippen LogP contribution in [0.2, 0.25) is 0 Å². The number of aryl methyl sites for hydroxylation is 1. The number of aliphatic carboxylic acids is 1. The molecule has 0 saturated carbocycles. The Morgan fingerprint density at radius 3 is 3.07 bits per heavy atom. The Morgan fingerprint density at radius 1 is 1.57 bits per heavy atom. The molecule has 1 aromatic rings. The molecule has 0 bridgehead atoms. The zero-order chi connectivity index (χ0) is 10.1. The van der Waals surface area contributed by atoms with Crippen LogP contribution in [-0.2, 0) is 11.2 Å². The van der Waals surface area contributed by atoms with Gasteiger partial charge in [-0.2, -0.15) is 0 Å². The van der Waals surface area contributed by atoms with Crippen LogP contribution < -0.4 is 5.32 Å². The summed E-state index contributed by atoms with van der Waals surface area (Å²) < 4.78 is 1.03. The molecule has 3 nitrogen and oxygen atoms in total. The van der Waals surface area contributed by atoms with Crippen LogP contribution in [0.3, 0.4) is 0 Å². The minimum absolute atomic E-state index is 0.441. The quantitative estimate of drug-likeness (QED) is 0.810. The van der Waals surface area contributed by atoms with Crippen molar-refractivity contribution in [2.45, 2.75) is 18.9 Å². The largest absolute Gasteiger partial charge is 0.480 e. The number of halogens is 1. The van der Waals surface area contributed by atoms with Gasteiger partial charge in [0.2, 0.25) is 0 Å². The van der Waals surface area contributed by atoms with Crippen LogP contribution in [0, 0.1) is 0 Å². The van der Waals surface area contributed by atoms with E-state index in [0.717, 1.165) is 16.6 Å². The monoisotopic (exact) mass is 255 g/mol. The predicted molar refractivity (Wildman–Crippen MR) is 57.5 cm³/mol. The lowest BCUT2D eigenvalue weighted by atomic mass is 9.98. The number of carboxylic acids is 1. The van der Waals surface area contributed by atoms with E-state index in [-0.39, 0.29) is 0 Å². The highest BCUT2D eigenvalue weighted by molar-refractivity contribution is 9.10. The molecule has 0 aliphatic carbocycles. The van der Waals surface area contributed by atoms with E-state index in [9.17, 15) is 4.79 Å². The third-order valence-corrected chi connectivity index (χ3v) is 2.89. The number of anilines is 1. The number of carboxylic acid groups (broad SMARTS) is 1. The van der Waals surface area contributed by atoms with Crippen LogP contribution in [0.15, 0.2) is 22.7 Å². The number of hydrogen-bond acceptors (Lipinski definition) is 2. The zero-order valence-corrected chi connectivity index (χ0v) is 9.04. The molecule has 0 spiro atoms. The van der Waals surface area contributed by atoms with Crippen molar-refractivity contribution in [1.29, 1.82) is 0 Å². The highest BCUT2D eigenvalue weighted by atomic mass is 79.9. The number of carbonyl (C=O) groups is 1. The first-order valence-electron chi connectivity index (χ1n) is 4.44. The number of benzene rings is 1. The summed E-state index contributed by atoms with van der Waals surface area (Å²) in [5.74, 6) is -0.779. The topological polar surface area (TPSA) is 49.3 Å². The van der Waals surface area contributed by atoms with Gasteiger partial charge in [-0.25, -0.2) is 4.79 Å². The molecule has 0 saturated heterocycles. The summed E-state index contributed by atoms with van der Waals surface area (Å²) in [5, 5.41) is 11.8. The van der Waals surface area contributed by atoms with Gasteiger partial charge in [-0.1, -0.05) is 15.9 Å². The van der Waals surface area contributed by atoms with Gasteiger partial charge < -0.3 is 10.4 Å². The zero-order valence-electron chi connectivity index (χ0n) is 7.46. The van der Waals surface area contributed by atoms with E-state index in [2.05, 4.69) is 21.2 Å². The fourth-order valence-corrected chi connectivity index (χ4v) is 2.06. The summed E-state index contributed by atoms with van der Waals surface area (Å²) in [6.07, 6.45) is 1.47. The molecule has 0 aromatic heterocycles. The highest BCUT2D eigenvalue weighted by Gasteiger charge is 2.22. The first-order valence-corrected chi connectivity index (χ1v) is 5.24. The third kappa shape index (κ3) is 1.75. The maximum atomic E-state index is 10.8. The second kappa shape index (κ2) is 3.61. The maximum Gasteiger partial charge on any atom is 0.326 e. The Kier molecular flexibility index (Phi) is 2.46. The fourth-order valence-electron chi connectivity index (χ4n) is 1.65. The lowest BCUT2D eigenvalue weighted by Crippen LogP contribution is -2.33. The SMILES string of the molecule is O=C(O)[C@@H]1CCc2cc(Br)ccc2N1. The Balaban J connectivity index is 2.27. The molecule has 4 heteroatoms. The van der Waals surface area contributed by atoms with Gasteiger partial charge in [0.05, 0.1) is 0 Å². The van der Waals surface area contributed by atoms with Gasteiger partial charge in [0.15, 0.2) is 0 Å². The molecule has 74 valence electrons. The van der Waals surface area contributed by atoms with Crippen LogP contribution in [0.5, 0.6) is 0 Å². The van der Waals surface area contributed by atoms with Crippen molar-refractivity contribution in [3.63, 3.8) is 0 Å². The van der Waals surface area contributed by atoms with Crippen LogP contribution in [0.4, 0.5) is 5.69 Å². The minimum atomic E-state index is -0.779. The summed E-state index contributed by atoms with van der Waals surface area (Å²) in [5.41, 5.74) is 2.11. The van der Waals surface area contributed by atoms with Crippen molar-refractivity contribution in [2.75, 3.05) is 5.32 Å². The predicted octanol–water partition coefficient (Wildman–Crippen LogP) is 2.26. The van der Waals surface area contributed by atoms with E-state index in [1.54, 1.807) is 0 Å².